The summed E-state index contributed by atoms with van der Waals surface area (Å²) in [4.78, 5) is 12.2. The fourth-order valence-corrected chi connectivity index (χ4v) is 2.26. The zero-order valence-electron chi connectivity index (χ0n) is 13.5. The first-order chi connectivity index (χ1) is 11.7. The van der Waals surface area contributed by atoms with Crippen LogP contribution in [0.1, 0.15) is 21.6 Å². The first-order valence-electron chi connectivity index (χ1n) is 7.50. The van der Waals surface area contributed by atoms with E-state index in [1.54, 1.807) is 30.3 Å². The van der Waals surface area contributed by atoms with Crippen molar-refractivity contribution in [2.24, 2.45) is 0 Å². The molecule has 0 spiro atoms. The summed E-state index contributed by atoms with van der Waals surface area (Å²) in [5.74, 6) is 0.647. The van der Waals surface area contributed by atoms with Crippen LogP contribution in [0.15, 0.2) is 59.1 Å². The van der Waals surface area contributed by atoms with Crippen LogP contribution in [0.25, 0.3) is 11.3 Å². The van der Waals surface area contributed by atoms with Crippen LogP contribution < -0.4 is 4.74 Å². The SMILES string of the molecule is COc1ccccc1C(=O)OCc1cc(-c2ccc(C)cc2)on1. The Morgan fingerprint density at radius 2 is 1.88 bits per heavy atom. The minimum atomic E-state index is -0.465. The number of hydrogen-bond donors (Lipinski definition) is 0. The van der Waals surface area contributed by atoms with E-state index in [4.69, 9.17) is 14.0 Å². The van der Waals surface area contributed by atoms with Gasteiger partial charge in [0.25, 0.3) is 0 Å². The summed E-state index contributed by atoms with van der Waals surface area (Å²) in [6, 6.07) is 16.6. The molecule has 2 aromatic carbocycles. The number of aromatic nitrogens is 1. The van der Waals surface area contributed by atoms with Gasteiger partial charge in [0.1, 0.15) is 23.6 Å². The fraction of sp³-hybridized carbons (Fsp3) is 0.158. The lowest BCUT2D eigenvalue weighted by atomic mass is 10.1. The third-order valence-electron chi connectivity index (χ3n) is 3.57. The van der Waals surface area contributed by atoms with Gasteiger partial charge in [-0.2, -0.15) is 0 Å². The van der Waals surface area contributed by atoms with E-state index >= 15 is 0 Å². The van der Waals surface area contributed by atoms with Gasteiger partial charge in [-0.15, -0.1) is 0 Å². The summed E-state index contributed by atoms with van der Waals surface area (Å²) < 4.78 is 15.7. The van der Waals surface area contributed by atoms with Gasteiger partial charge in [-0.25, -0.2) is 4.79 Å². The Morgan fingerprint density at radius 3 is 2.62 bits per heavy atom. The number of benzene rings is 2. The van der Waals surface area contributed by atoms with Crippen molar-refractivity contribution in [3.05, 3.63) is 71.4 Å². The third kappa shape index (κ3) is 3.46. The smallest absolute Gasteiger partial charge is 0.342 e. The zero-order chi connectivity index (χ0) is 16.9. The van der Waals surface area contributed by atoms with E-state index in [9.17, 15) is 4.79 Å². The summed E-state index contributed by atoms with van der Waals surface area (Å²) >= 11 is 0. The molecule has 5 heteroatoms. The maximum absolute atomic E-state index is 12.2. The molecule has 1 aromatic heterocycles. The van der Waals surface area contributed by atoms with E-state index in [-0.39, 0.29) is 6.61 Å². The van der Waals surface area contributed by atoms with Crippen molar-refractivity contribution >= 4 is 5.97 Å². The molecule has 0 fully saturated rings. The molecule has 0 atom stereocenters. The molecule has 0 aliphatic carbocycles. The van der Waals surface area contributed by atoms with Crippen LogP contribution in [-0.4, -0.2) is 18.2 Å². The standard InChI is InChI=1S/C19H17NO4/c1-13-7-9-14(10-8-13)18-11-15(20-24-18)12-23-19(21)16-5-3-4-6-17(16)22-2/h3-11H,12H2,1-2H3. The maximum atomic E-state index is 12.2. The molecule has 0 bridgehead atoms. The highest BCUT2D eigenvalue weighted by Gasteiger charge is 2.14. The first-order valence-corrected chi connectivity index (χ1v) is 7.50. The Kier molecular flexibility index (Phi) is 4.61. The molecular weight excluding hydrogens is 306 g/mol. The number of ether oxygens (including phenoxy) is 2. The monoisotopic (exact) mass is 323 g/mol. The van der Waals surface area contributed by atoms with Crippen LogP contribution in [0.5, 0.6) is 5.75 Å². The van der Waals surface area contributed by atoms with Gasteiger partial charge in [-0.05, 0) is 19.1 Å². The van der Waals surface area contributed by atoms with Gasteiger partial charge in [0.05, 0.1) is 7.11 Å². The van der Waals surface area contributed by atoms with Crippen LogP contribution in [0.2, 0.25) is 0 Å². The largest absolute Gasteiger partial charge is 0.496 e. The predicted molar refractivity (Wildman–Crippen MR) is 88.8 cm³/mol. The lowest BCUT2D eigenvalue weighted by Gasteiger charge is -2.07. The highest BCUT2D eigenvalue weighted by molar-refractivity contribution is 5.92. The molecule has 3 aromatic rings. The van der Waals surface area contributed by atoms with Gasteiger partial charge in [0.15, 0.2) is 5.76 Å². The van der Waals surface area contributed by atoms with Crippen molar-refractivity contribution in [1.82, 2.24) is 5.16 Å². The quantitative estimate of drug-likeness (QED) is 0.664. The fourth-order valence-electron chi connectivity index (χ4n) is 2.26. The lowest BCUT2D eigenvalue weighted by Crippen LogP contribution is -2.07. The molecule has 0 amide bonds. The number of nitrogens with zero attached hydrogens (tertiary/aromatic N) is 1. The molecule has 0 radical (unpaired) electrons. The molecule has 0 aliphatic heterocycles. The number of carbonyl (C=O) groups excluding carboxylic acids is 1. The number of carbonyl (C=O) groups is 1. The topological polar surface area (TPSA) is 61.6 Å². The van der Waals surface area contributed by atoms with E-state index in [2.05, 4.69) is 5.16 Å². The molecule has 0 unspecified atom stereocenters. The van der Waals surface area contributed by atoms with E-state index in [1.807, 2.05) is 31.2 Å². The van der Waals surface area contributed by atoms with Crippen LogP contribution in [0.4, 0.5) is 0 Å². The average molecular weight is 323 g/mol. The molecule has 0 saturated carbocycles. The van der Waals surface area contributed by atoms with Gasteiger partial charge in [0, 0.05) is 11.6 Å². The minimum absolute atomic E-state index is 0.0340. The van der Waals surface area contributed by atoms with Crippen LogP contribution >= 0.6 is 0 Å². The van der Waals surface area contributed by atoms with Crippen molar-refractivity contribution in [2.45, 2.75) is 13.5 Å². The Labute approximate surface area is 139 Å². The van der Waals surface area contributed by atoms with E-state index in [0.29, 0.717) is 22.8 Å². The van der Waals surface area contributed by atoms with E-state index in [1.165, 1.54) is 12.7 Å². The number of para-hydroxylation sites is 1. The van der Waals surface area contributed by atoms with Crippen molar-refractivity contribution in [1.29, 1.82) is 0 Å². The van der Waals surface area contributed by atoms with Crippen LogP contribution in [-0.2, 0) is 11.3 Å². The Morgan fingerprint density at radius 1 is 1.12 bits per heavy atom. The molecule has 24 heavy (non-hydrogen) atoms. The Balaban J connectivity index is 1.67. The van der Waals surface area contributed by atoms with Crippen molar-refractivity contribution in [2.75, 3.05) is 7.11 Å². The van der Waals surface area contributed by atoms with Crippen LogP contribution in [0.3, 0.4) is 0 Å². The Hall–Kier alpha value is -3.08. The van der Waals surface area contributed by atoms with Crippen molar-refractivity contribution in [3.63, 3.8) is 0 Å². The molecule has 122 valence electrons. The first kappa shape index (κ1) is 15.8. The second-order valence-electron chi connectivity index (χ2n) is 5.32. The number of esters is 1. The average Bonchev–Trinajstić information content (AvgIpc) is 3.09. The van der Waals surface area contributed by atoms with E-state index < -0.39 is 5.97 Å². The van der Waals surface area contributed by atoms with Crippen LogP contribution in [0, 0.1) is 6.92 Å². The summed E-state index contributed by atoms with van der Waals surface area (Å²) in [5, 5.41) is 3.94. The van der Waals surface area contributed by atoms with Crippen molar-refractivity contribution in [3.8, 4) is 17.1 Å². The molecule has 3 rings (SSSR count). The highest BCUT2D eigenvalue weighted by atomic mass is 16.5. The Bertz CT molecular complexity index is 837. The summed E-state index contributed by atoms with van der Waals surface area (Å²) in [6.45, 7) is 2.05. The molecule has 0 aliphatic rings. The molecule has 1 heterocycles. The molecular formula is C19H17NO4. The predicted octanol–water partition coefficient (Wildman–Crippen LogP) is 4.02. The molecule has 0 saturated heterocycles. The summed E-state index contributed by atoms with van der Waals surface area (Å²) in [5.41, 5.74) is 3.02. The highest BCUT2D eigenvalue weighted by Crippen LogP contribution is 2.22. The number of rotatable bonds is 5. The summed E-state index contributed by atoms with van der Waals surface area (Å²) in [7, 11) is 1.51. The third-order valence-corrected chi connectivity index (χ3v) is 3.57. The second kappa shape index (κ2) is 7.00. The van der Waals surface area contributed by atoms with Gasteiger partial charge in [0.2, 0.25) is 0 Å². The van der Waals surface area contributed by atoms with Gasteiger partial charge in [-0.3, -0.25) is 0 Å². The van der Waals surface area contributed by atoms with Crippen molar-refractivity contribution < 1.29 is 18.8 Å². The lowest BCUT2D eigenvalue weighted by molar-refractivity contribution is 0.0460. The van der Waals surface area contributed by atoms with Gasteiger partial charge in [-0.1, -0.05) is 47.1 Å². The molecule has 0 N–H and O–H groups in total. The maximum Gasteiger partial charge on any atom is 0.342 e. The number of methoxy groups -OCH3 is 1. The number of aryl methyl sites for hydroxylation is 1. The van der Waals surface area contributed by atoms with Gasteiger partial charge < -0.3 is 14.0 Å². The minimum Gasteiger partial charge on any atom is -0.496 e. The van der Waals surface area contributed by atoms with E-state index in [0.717, 1.165) is 5.56 Å². The second-order valence-corrected chi connectivity index (χ2v) is 5.32. The number of hydrogen-bond acceptors (Lipinski definition) is 5. The summed E-state index contributed by atoms with van der Waals surface area (Å²) in [6.07, 6.45) is 0. The zero-order valence-corrected chi connectivity index (χ0v) is 13.5. The normalized spacial score (nSPS) is 10.4. The van der Waals surface area contributed by atoms with Gasteiger partial charge >= 0.3 is 5.97 Å². The molecule has 5 nitrogen and oxygen atoms in total.